The average molecular weight is 461 g/mol. The lowest BCUT2D eigenvalue weighted by molar-refractivity contribution is 0.174. The summed E-state index contributed by atoms with van der Waals surface area (Å²) in [5.41, 5.74) is 3.25. The Morgan fingerprint density at radius 3 is 2.79 bits per heavy atom. The van der Waals surface area contributed by atoms with Crippen LogP contribution in [0.25, 0.3) is 11.3 Å². The van der Waals surface area contributed by atoms with Crippen molar-refractivity contribution in [2.75, 3.05) is 21.0 Å². The molecule has 0 radical (unpaired) electrons. The Morgan fingerprint density at radius 1 is 1.06 bits per heavy atom. The summed E-state index contributed by atoms with van der Waals surface area (Å²) in [7, 11) is 3.27. The van der Waals surface area contributed by atoms with Crippen LogP contribution in [0.5, 0.6) is 23.0 Å². The Hall–Kier alpha value is -4.11. The van der Waals surface area contributed by atoms with E-state index < -0.39 is 0 Å². The summed E-state index contributed by atoms with van der Waals surface area (Å²) >= 11 is 1.47. The second-order valence-electron chi connectivity index (χ2n) is 6.96. The number of benzene rings is 2. The minimum atomic E-state index is 0.225. The van der Waals surface area contributed by atoms with E-state index in [0.717, 1.165) is 28.3 Å². The fraction of sp³-hybridized carbons (Fsp3) is 0.125. The quantitative estimate of drug-likeness (QED) is 0.397. The van der Waals surface area contributed by atoms with Gasteiger partial charge in [0.05, 0.1) is 38.0 Å². The predicted molar refractivity (Wildman–Crippen MR) is 126 cm³/mol. The summed E-state index contributed by atoms with van der Waals surface area (Å²) < 4.78 is 23.7. The van der Waals surface area contributed by atoms with Gasteiger partial charge in [0.25, 0.3) is 0 Å². The van der Waals surface area contributed by atoms with Gasteiger partial charge in [0.2, 0.25) is 11.6 Å². The minimum absolute atomic E-state index is 0.225. The van der Waals surface area contributed by atoms with Crippen molar-refractivity contribution < 1.29 is 18.9 Å². The van der Waals surface area contributed by atoms with E-state index in [2.05, 4.69) is 4.98 Å². The van der Waals surface area contributed by atoms with Gasteiger partial charge >= 0.3 is 0 Å². The maximum Gasteiger partial charge on any atom is 0.231 e. The molecule has 0 saturated heterocycles. The second kappa shape index (κ2) is 9.17. The zero-order chi connectivity index (χ0) is 22.6. The van der Waals surface area contributed by atoms with Crippen LogP contribution in [0, 0.1) is 0 Å². The number of rotatable bonds is 6. The highest BCUT2D eigenvalue weighted by molar-refractivity contribution is 7.07. The molecule has 0 amide bonds. The molecule has 3 heterocycles. The zero-order valence-electron chi connectivity index (χ0n) is 18.0. The number of methoxy groups -OCH3 is 2. The molecular formula is C24H20N4O4S. The van der Waals surface area contributed by atoms with E-state index in [1.165, 1.54) is 11.3 Å². The van der Waals surface area contributed by atoms with Crippen molar-refractivity contribution in [1.29, 1.82) is 0 Å². The number of thiazole rings is 1. The molecule has 0 unspecified atom stereocenters. The minimum Gasteiger partial charge on any atom is -0.497 e. The SMILES string of the molecule is COc1ccc(OC)c(-c2csc(=Nc3cccnc3)n2N=Cc2ccc3c(c2)OCO3)c1. The van der Waals surface area contributed by atoms with Crippen LogP contribution in [0.15, 0.2) is 76.4 Å². The molecule has 0 atom stereocenters. The summed E-state index contributed by atoms with van der Waals surface area (Å²) in [6, 6.07) is 15.1. The third kappa shape index (κ3) is 4.31. The van der Waals surface area contributed by atoms with E-state index in [1.54, 1.807) is 37.5 Å². The lowest BCUT2D eigenvalue weighted by atomic mass is 10.1. The Balaban J connectivity index is 1.64. The molecule has 166 valence electrons. The number of hydrogen-bond donors (Lipinski definition) is 0. The van der Waals surface area contributed by atoms with Gasteiger partial charge in [-0.1, -0.05) is 0 Å². The first-order valence-electron chi connectivity index (χ1n) is 10.1. The highest BCUT2D eigenvalue weighted by Gasteiger charge is 2.15. The monoisotopic (exact) mass is 460 g/mol. The van der Waals surface area contributed by atoms with Crippen LogP contribution in [0.3, 0.4) is 0 Å². The Kier molecular flexibility index (Phi) is 5.77. The molecule has 1 aliphatic heterocycles. The zero-order valence-corrected chi connectivity index (χ0v) is 18.8. The Bertz CT molecular complexity index is 1380. The van der Waals surface area contributed by atoms with Crippen LogP contribution in [-0.2, 0) is 0 Å². The normalized spacial score (nSPS) is 13.0. The van der Waals surface area contributed by atoms with E-state index in [9.17, 15) is 0 Å². The van der Waals surface area contributed by atoms with Crippen molar-refractivity contribution in [2.45, 2.75) is 0 Å². The van der Waals surface area contributed by atoms with Gasteiger partial charge in [0.15, 0.2) is 11.5 Å². The lowest BCUT2D eigenvalue weighted by Crippen LogP contribution is -2.12. The molecule has 0 fully saturated rings. The number of fused-ring (bicyclic) bond motifs is 1. The van der Waals surface area contributed by atoms with Gasteiger partial charge in [-0.05, 0) is 54.1 Å². The molecule has 0 bridgehead atoms. The van der Waals surface area contributed by atoms with Gasteiger partial charge in [0.1, 0.15) is 11.5 Å². The van der Waals surface area contributed by atoms with E-state index in [4.69, 9.17) is 29.0 Å². The standard InChI is InChI=1S/C24H20N4O4S/c1-29-18-6-8-21(30-2)19(11-18)20-14-33-24(27-17-4-3-9-25-13-17)28(20)26-12-16-5-7-22-23(10-16)32-15-31-22/h3-14H,15H2,1-2H3. The Labute approximate surface area is 194 Å². The Morgan fingerprint density at radius 2 is 1.97 bits per heavy atom. The molecule has 1 aliphatic rings. The van der Waals surface area contributed by atoms with Crippen LogP contribution in [0.2, 0.25) is 0 Å². The molecule has 8 nitrogen and oxygen atoms in total. The molecule has 2 aromatic carbocycles. The molecule has 5 rings (SSSR count). The van der Waals surface area contributed by atoms with Crippen LogP contribution >= 0.6 is 11.3 Å². The third-order valence-corrected chi connectivity index (χ3v) is 5.77. The van der Waals surface area contributed by atoms with E-state index in [1.807, 2.05) is 53.9 Å². The van der Waals surface area contributed by atoms with Crippen LogP contribution < -0.4 is 23.7 Å². The summed E-state index contributed by atoms with van der Waals surface area (Å²) in [6.07, 6.45) is 5.18. The number of ether oxygens (including phenoxy) is 4. The molecular weight excluding hydrogens is 440 g/mol. The number of aromatic nitrogens is 2. The van der Waals surface area contributed by atoms with Crippen molar-refractivity contribution in [3.05, 3.63) is 76.7 Å². The average Bonchev–Trinajstić information content (AvgIpc) is 3.49. The van der Waals surface area contributed by atoms with Crippen LogP contribution in [-0.4, -0.2) is 36.9 Å². The highest BCUT2D eigenvalue weighted by Crippen LogP contribution is 2.34. The smallest absolute Gasteiger partial charge is 0.231 e. The second-order valence-corrected chi connectivity index (χ2v) is 7.80. The van der Waals surface area contributed by atoms with Gasteiger partial charge in [-0.2, -0.15) is 5.10 Å². The molecule has 0 spiro atoms. The maximum atomic E-state index is 5.61. The van der Waals surface area contributed by atoms with E-state index in [0.29, 0.717) is 22.0 Å². The molecule has 9 heteroatoms. The molecule has 0 N–H and O–H groups in total. The van der Waals surface area contributed by atoms with Gasteiger partial charge in [-0.3, -0.25) is 4.98 Å². The van der Waals surface area contributed by atoms with Crippen molar-refractivity contribution in [3.63, 3.8) is 0 Å². The fourth-order valence-corrected chi connectivity index (χ4v) is 4.18. The molecule has 33 heavy (non-hydrogen) atoms. The van der Waals surface area contributed by atoms with Gasteiger partial charge in [-0.25, -0.2) is 9.67 Å². The molecule has 2 aromatic heterocycles. The van der Waals surface area contributed by atoms with Crippen molar-refractivity contribution >= 4 is 23.2 Å². The van der Waals surface area contributed by atoms with Crippen LogP contribution in [0.1, 0.15) is 5.56 Å². The first-order chi connectivity index (χ1) is 16.2. The summed E-state index contributed by atoms with van der Waals surface area (Å²) in [4.78, 5) is 9.58. The highest BCUT2D eigenvalue weighted by atomic mass is 32.1. The summed E-state index contributed by atoms with van der Waals surface area (Å²) in [5.74, 6) is 2.84. The lowest BCUT2D eigenvalue weighted by Gasteiger charge is -2.11. The molecule has 0 aliphatic carbocycles. The van der Waals surface area contributed by atoms with Crippen molar-refractivity contribution in [2.24, 2.45) is 10.1 Å². The largest absolute Gasteiger partial charge is 0.497 e. The number of hydrogen-bond acceptors (Lipinski definition) is 8. The van der Waals surface area contributed by atoms with Crippen molar-refractivity contribution in [1.82, 2.24) is 9.66 Å². The first-order valence-corrected chi connectivity index (χ1v) is 10.9. The predicted octanol–water partition coefficient (Wildman–Crippen LogP) is 4.47. The number of nitrogens with zero attached hydrogens (tertiary/aromatic N) is 4. The number of pyridine rings is 1. The maximum absolute atomic E-state index is 5.61. The van der Waals surface area contributed by atoms with Gasteiger partial charge in [-0.15, -0.1) is 11.3 Å². The topological polar surface area (TPSA) is 79.5 Å². The van der Waals surface area contributed by atoms with E-state index in [-0.39, 0.29) is 6.79 Å². The van der Waals surface area contributed by atoms with Crippen LogP contribution in [0.4, 0.5) is 5.69 Å². The molecule has 0 saturated carbocycles. The van der Waals surface area contributed by atoms with Gasteiger partial charge < -0.3 is 18.9 Å². The summed E-state index contributed by atoms with van der Waals surface area (Å²) in [6.45, 7) is 0.225. The third-order valence-electron chi connectivity index (χ3n) is 4.96. The van der Waals surface area contributed by atoms with Gasteiger partial charge in [0, 0.05) is 17.1 Å². The first kappa shape index (κ1) is 20.8. The summed E-state index contributed by atoms with van der Waals surface area (Å²) in [5, 5.41) is 6.75. The molecule has 4 aromatic rings. The van der Waals surface area contributed by atoms with E-state index >= 15 is 0 Å². The van der Waals surface area contributed by atoms with Crippen molar-refractivity contribution in [3.8, 4) is 34.3 Å². The fourth-order valence-electron chi connectivity index (χ4n) is 3.34.